The lowest BCUT2D eigenvalue weighted by Crippen LogP contribution is -2.39. The molecule has 0 aliphatic heterocycles. The molecule has 0 saturated carbocycles. The summed E-state index contributed by atoms with van der Waals surface area (Å²) in [5, 5.41) is 17.0. The monoisotopic (exact) mass is 444 g/mol. The normalized spacial score (nSPS) is 11.6. The van der Waals surface area contributed by atoms with Gasteiger partial charge in [0.05, 0.1) is 0 Å². The molecule has 0 radical (unpaired) electrons. The minimum atomic E-state index is -0.180. The first kappa shape index (κ1) is 18.6. The third-order valence-corrected chi connectivity index (χ3v) is 4.86. The molecule has 0 atom stereocenters. The summed E-state index contributed by atoms with van der Waals surface area (Å²) in [5.41, 5.74) is 1.66. The second kappa shape index (κ2) is 8.45. The number of pyridine rings is 1. The van der Waals surface area contributed by atoms with Crippen LogP contribution in [0.4, 0.5) is 5.69 Å². The van der Waals surface area contributed by atoms with Crippen LogP contribution < -0.4 is 15.0 Å². The smallest absolute Gasteiger partial charge is 0.238 e. The van der Waals surface area contributed by atoms with Gasteiger partial charge in [0.1, 0.15) is 0 Å². The lowest BCUT2D eigenvalue weighted by atomic mass is 10.1. The lowest BCUT2D eigenvalue weighted by molar-refractivity contribution is -0.577. The van der Waals surface area contributed by atoms with Crippen molar-refractivity contribution >= 4 is 61.9 Å². The summed E-state index contributed by atoms with van der Waals surface area (Å²) < 4.78 is 2.43. The molecule has 0 aliphatic carbocycles. The van der Waals surface area contributed by atoms with Gasteiger partial charge in [-0.05, 0) is 41.7 Å². The number of nitrogens with one attached hydrogen (secondary N) is 1. The van der Waals surface area contributed by atoms with Crippen LogP contribution in [0.1, 0.15) is 5.56 Å². The summed E-state index contributed by atoms with van der Waals surface area (Å²) in [5.74, 6) is -0.180. The minimum absolute atomic E-state index is 0.180. The van der Waals surface area contributed by atoms with Gasteiger partial charge < -0.3 is 10.4 Å². The van der Waals surface area contributed by atoms with Crippen molar-refractivity contribution in [2.75, 3.05) is 5.32 Å². The Balaban J connectivity index is 2.07. The number of hydrogen-bond donors (Lipinski definition) is 1. The predicted octanol–water partition coefficient (Wildman–Crippen LogP) is 4.52. The second-order valence-corrected chi connectivity index (χ2v) is 7.10. The van der Waals surface area contributed by atoms with Gasteiger partial charge >= 0.3 is 0 Å². The summed E-state index contributed by atoms with van der Waals surface area (Å²) in [6.07, 6.45) is 3.58. The number of nitrogens with zero attached hydrogens (tertiary/aromatic N) is 1. The largest absolute Gasteiger partial charge is 0.867 e. The van der Waals surface area contributed by atoms with E-state index in [0.717, 1.165) is 5.69 Å². The first-order chi connectivity index (χ1) is 12.6. The maximum absolute atomic E-state index is 13.2. The fraction of sp³-hybridized carbons (Fsp3) is 0. The zero-order valence-corrected chi connectivity index (χ0v) is 16.7. The van der Waals surface area contributed by atoms with Crippen molar-refractivity contribution in [2.45, 2.75) is 0 Å². The molecule has 1 heterocycles. The topological polar surface area (TPSA) is 39.0 Å². The van der Waals surface area contributed by atoms with E-state index in [1.807, 2.05) is 48.5 Å². The molecule has 0 spiro atoms. The molecule has 6 heteroatoms. The van der Waals surface area contributed by atoms with Crippen LogP contribution in [0.25, 0.3) is 11.5 Å². The molecule has 2 aromatic carbocycles. The van der Waals surface area contributed by atoms with Gasteiger partial charge in [0.15, 0.2) is 17.4 Å². The van der Waals surface area contributed by atoms with Crippen LogP contribution in [0.15, 0.2) is 83.6 Å². The van der Waals surface area contributed by atoms with Crippen molar-refractivity contribution in [1.29, 1.82) is 0 Å². The van der Waals surface area contributed by atoms with E-state index in [1.54, 1.807) is 35.2 Å². The quantitative estimate of drug-likeness (QED) is 0.278. The van der Waals surface area contributed by atoms with Crippen LogP contribution in [0.2, 0.25) is 5.02 Å². The Morgan fingerprint density at radius 2 is 1.62 bits per heavy atom. The van der Waals surface area contributed by atoms with Crippen LogP contribution in [0.3, 0.4) is 0 Å². The first-order valence-electron chi connectivity index (χ1n) is 7.76. The zero-order chi connectivity index (χ0) is 18.5. The van der Waals surface area contributed by atoms with Crippen LogP contribution in [0, 0.1) is 0 Å². The molecular formula is C20H14BrClN2OS. The molecule has 3 nitrogen and oxygen atoms in total. The molecule has 0 saturated heterocycles. The SMILES string of the molecule is [O-]/C(=C(\C(=S)Nc1ccc(Cl)cc1)[n+]1ccccc1)c1ccccc1Br. The number of anilines is 1. The maximum atomic E-state index is 13.2. The Morgan fingerprint density at radius 3 is 2.27 bits per heavy atom. The number of aromatic nitrogens is 1. The van der Waals surface area contributed by atoms with Gasteiger partial charge in [0.2, 0.25) is 5.70 Å². The average Bonchev–Trinajstić information content (AvgIpc) is 2.65. The van der Waals surface area contributed by atoms with E-state index >= 15 is 0 Å². The highest BCUT2D eigenvalue weighted by Crippen LogP contribution is 2.24. The maximum Gasteiger partial charge on any atom is 0.238 e. The number of hydrogen-bond acceptors (Lipinski definition) is 2. The summed E-state index contributed by atoms with van der Waals surface area (Å²) >= 11 is 14.9. The molecule has 26 heavy (non-hydrogen) atoms. The highest BCUT2D eigenvalue weighted by atomic mass is 79.9. The Kier molecular flexibility index (Phi) is 6.04. The van der Waals surface area contributed by atoms with Crippen LogP contribution >= 0.6 is 39.7 Å². The molecule has 0 bridgehead atoms. The van der Waals surface area contributed by atoms with Gasteiger partial charge in [-0.2, -0.15) is 4.57 Å². The summed E-state index contributed by atoms with van der Waals surface area (Å²) in [4.78, 5) is 0.323. The first-order valence-corrected chi connectivity index (χ1v) is 9.34. The van der Waals surface area contributed by atoms with Crippen molar-refractivity contribution in [3.8, 4) is 0 Å². The van der Waals surface area contributed by atoms with Gasteiger partial charge in [-0.1, -0.05) is 64.0 Å². The summed E-state index contributed by atoms with van der Waals surface area (Å²) in [7, 11) is 0. The Labute approximate surface area is 170 Å². The van der Waals surface area contributed by atoms with Crippen LogP contribution in [-0.4, -0.2) is 4.99 Å². The van der Waals surface area contributed by atoms with E-state index in [9.17, 15) is 5.11 Å². The number of halogens is 2. The standard InChI is InChI=1S/C20H14BrClN2OS/c21-17-7-3-2-6-16(17)19(25)18(24-12-4-1-5-13-24)20(26)23-15-10-8-14(22)9-11-15/h1-13H,(H-,23,25,26). The van der Waals surface area contributed by atoms with Crippen molar-refractivity contribution in [1.82, 2.24) is 0 Å². The molecule has 3 rings (SSSR count). The van der Waals surface area contributed by atoms with Crippen molar-refractivity contribution in [3.63, 3.8) is 0 Å². The zero-order valence-electron chi connectivity index (χ0n) is 13.5. The Hall–Kier alpha value is -2.21. The third-order valence-electron chi connectivity index (χ3n) is 3.62. The second-order valence-electron chi connectivity index (χ2n) is 5.40. The van der Waals surface area contributed by atoms with Crippen molar-refractivity contribution in [3.05, 3.63) is 94.2 Å². The molecule has 0 unspecified atom stereocenters. The summed E-state index contributed by atoms with van der Waals surface area (Å²) in [6, 6.07) is 20.0. The predicted molar refractivity (Wildman–Crippen MR) is 112 cm³/mol. The molecule has 130 valence electrons. The van der Waals surface area contributed by atoms with E-state index in [0.29, 0.717) is 25.7 Å². The molecule has 3 aromatic rings. The minimum Gasteiger partial charge on any atom is -0.867 e. The lowest BCUT2D eigenvalue weighted by Gasteiger charge is -2.18. The molecular weight excluding hydrogens is 432 g/mol. The molecule has 0 amide bonds. The Morgan fingerprint density at radius 1 is 0.962 bits per heavy atom. The van der Waals surface area contributed by atoms with Crippen molar-refractivity contribution < 1.29 is 9.67 Å². The van der Waals surface area contributed by atoms with Crippen molar-refractivity contribution in [2.24, 2.45) is 0 Å². The average molecular weight is 446 g/mol. The van der Waals surface area contributed by atoms with E-state index in [-0.39, 0.29) is 5.76 Å². The van der Waals surface area contributed by atoms with Crippen LogP contribution in [0.5, 0.6) is 0 Å². The van der Waals surface area contributed by atoms with Gasteiger partial charge in [0, 0.05) is 27.3 Å². The molecule has 0 aliphatic rings. The highest BCUT2D eigenvalue weighted by molar-refractivity contribution is 9.10. The van der Waals surface area contributed by atoms with E-state index < -0.39 is 0 Å². The van der Waals surface area contributed by atoms with Gasteiger partial charge in [0.25, 0.3) is 0 Å². The third kappa shape index (κ3) is 4.30. The van der Waals surface area contributed by atoms with Crippen LogP contribution in [-0.2, 0) is 0 Å². The number of rotatable bonds is 4. The van der Waals surface area contributed by atoms with Gasteiger partial charge in [-0.3, -0.25) is 0 Å². The molecule has 0 fully saturated rings. The summed E-state index contributed by atoms with van der Waals surface area (Å²) in [6.45, 7) is 0. The van der Waals surface area contributed by atoms with E-state index in [2.05, 4.69) is 21.2 Å². The van der Waals surface area contributed by atoms with Gasteiger partial charge in [-0.25, -0.2) is 0 Å². The molecule has 1 aromatic heterocycles. The van der Waals surface area contributed by atoms with Gasteiger partial charge in [-0.15, -0.1) is 0 Å². The van der Waals surface area contributed by atoms with E-state index in [1.165, 1.54) is 0 Å². The molecule has 1 N–H and O–H groups in total. The fourth-order valence-electron chi connectivity index (χ4n) is 2.38. The number of thiocarbonyl (C=S) groups is 1. The number of benzene rings is 2. The fourth-order valence-corrected chi connectivity index (χ4v) is 3.29. The Bertz CT molecular complexity index is 959. The van der Waals surface area contributed by atoms with E-state index in [4.69, 9.17) is 23.8 Å². The highest BCUT2D eigenvalue weighted by Gasteiger charge is 2.19.